The van der Waals surface area contributed by atoms with Gasteiger partial charge in [-0.05, 0) is 56.1 Å². The summed E-state index contributed by atoms with van der Waals surface area (Å²) >= 11 is 0. The molecule has 2 atom stereocenters. The van der Waals surface area contributed by atoms with E-state index in [-0.39, 0.29) is 6.04 Å². The Labute approximate surface area is 119 Å². The van der Waals surface area contributed by atoms with E-state index in [2.05, 4.69) is 65.8 Å². The van der Waals surface area contributed by atoms with Gasteiger partial charge >= 0.3 is 0 Å². The van der Waals surface area contributed by atoms with E-state index in [0.29, 0.717) is 6.04 Å². The number of rotatable bonds is 6. The summed E-state index contributed by atoms with van der Waals surface area (Å²) in [6, 6.07) is 9.03. The van der Waals surface area contributed by atoms with Crippen LogP contribution in [0.15, 0.2) is 30.6 Å². The fourth-order valence-electron chi connectivity index (χ4n) is 1.86. The molecule has 0 aliphatic rings. The van der Waals surface area contributed by atoms with E-state index in [9.17, 15) is 0 Å². The third kappa shape index (κ3) is 3.61. The Bertz CT molecular complexity index is 522. The lowest BCUT2D eigenvalue weighted by Crippen LogP contribution is -2.36. The smallest absolute Gasteiger partial charge is 0.143 e. The molecule has 0 aliphatic heterocycles. The highest BCUT2D eigenvalue weighted by molar-refractivity contribution is 5.35. The molecule has 2 rings (SSSR count). The Morgan fingerprint density at radius 1 is 1.30 bits per heavy atom. The van der Waals surface area contributed by atoms with Crippen LogP contribution in [0.3, 0.4) is 0 Å². The predicted molar refractivity (Wildman–Crippen MR) is 78.7 cm³/mol. The van der Waals surface area contributed by atoms with Crippen molar-refractivity contribution < 1.29 is 0 Å². The predicted octanol–water partition coefficient (Wildman–Crippen LogP) is 1.26. The van der Waals surface area contributed by atoms with Gasteiger partial charge in [0, 0.05) is 18.6 Å². The van der Waals surface area contributed by atoms with Crippen LogP contribution in [0.2, 0.25) is 0 Å². The van der Waals surface area contributed by atoms with Crippen LogP contribution in [0, 0.1) is 0 Å². The summed E-state index contributed by atoms with van der Waals surface area (Å²) in [7, 11) is 4.19. The van der Waals surface area contributed by atoms with Crippen molar-refractivity contribution in [2.45, 2.75) is 25.9 Å². The molecule has 1 heterocycles. The molecule has 0 spiro atoms. The molecule has 2 aromatic rings. The van der Waals surface area contributed by atoms with Gasteiger partial charge < -0.3 is 10.2 Å². The van der Waals surface area contributed by atoms with Gasteiger partial charge in [-0.25, -0.2) is 4.68 Å². The molecule has 20 heavy (non-hydrogen) atoms. The monoisotopic (exact) mass is 274 g/mol. The van der Waals surface area contributed by atoms with E-state index in [0.717, 1.165) is 12.2 Å². The second-order valence-electron chi connectivity index (χ2n) is 5.29. The molecule has 0 radical (unpaired) electrons. The molecule has 0 bridgehead atoms. The summed E-state index contributed by atoms with van der Waals surface area (Å²) in [5.41, 5.74) is 2.20. The van der Waals surface area contributed by atoms with E-state index in [1.54, 1.807) is 11.0 Å². The maximum Gasteiger partial charge on any atom is 0.143 e. The first kappa shape index (κ1) is 14.6. The molecular formula is C14H22N6. The number of hydrogen-bond donors (Lipinski definition) is 1. The first-order valence-electron chi connectivity index (χ1n) is 6.81. The Hall–Kier alpha value is -1.79. The van der Waals surface area contributed by atoms with Gasteiger partial charge in [0.1, 0.15) is 6.33 Å². The fraction of sp³-hybridized carbons (Fsp3) is 0.500. The van der Waals surface area contributed by atoms with E-state index in [1.807, 2.05) is 12.1 Å². The Morgan fingerprint density at radius 2 is 2.10 bits per heavy atom. The average molecular weight is 274 g/mol. The molecule has 108 valence electrons. The van der Waals surface area contributed by atoms with Gasteiger partial charge in [-0.15, -0.1) is 5.10 Å². The number of nitrogens with zero attached hydrogens (tertiary/aromatic N) is 5. The second-order valence-corrected chi connectivity index (χ2v) is 5.29. The van der Waals surface area contributed by atoms with Gasteiger partial charge in [0.2, 0.25) is 0 Å². The molecule has 1 aromatic carbocycles. The molecular weight excluding hydrogens is 252 g/mol. The SMILES string of the molecule is CC(NCC(C)N(C)C)c1cccc(-n2cnnn2)c1. The number of benzene rings is 1. The minimum Gasteiger partial charge on any atom is -0.309 e. The zero-order valence-electron chi connectivity index (χ0n) is 12.5. The van der Waals surface area contributed by atoms with Gasteiger partial charge in [-0.2, -0.15) is 0 Å². The zero-order valence-corrected chi connectivity index (χ0v) is 12.5. The normalized spacial score (nSPS) is 14.4. The molecule has 1 aromatic heterocycles. The van der Waals surface area contributed by atoms with Crippen LogP contribution in [0.25, 0.3) is 5.69 Å². The standard InChI is InChI=1S/C14H22N6/c1-11(19(3)4)9-15-12(2)13-6-5-7-14(8-13)20-10-16-17-18-20/h5-8,10-12,15H,9H2,1-4H3. The van der Waals surface area contributed by atoms with Crippen molar-refractivity contribution in [2.75, 3.05) is 20.6 Å². The van der Waals surface area contributed by atoms with Gasteiger partial charge in [-0.3, -0.25) is 0 Å². The van der Waals surface area contributed by atoms with E-state index < -0.39 is 0 Å². The van der Waals surface area contributed by atoms with Crippen molar-refractivity contribution in [3.8, 4) is 5.69 Å². The Morgan fingerprint density at radius 3 is 2.75 bits per heavy atom. The summed E-state index contributed by atoms with van der Waals surface area (Å²) in [5.74, 6) is 0. The molecule has 0 fully saturated rings. The van der Waals surface area contributed by atoms with Gasteiger partial charge in [0.15, 0.2) is 0 Å². The first-order chi connectivity index (χ1) is 9.58. The minimum absolute atomic E-state index is 0.286. The maximum absolute atomic E-state index is 3.91. The molecule has 0 aliphatic carbocycles. The molecule has 0 saturated carbocycles. The van der Waals surface area contributed by atoms with Crippen LogP contribution in [0.5, 0.6) is 0 Å². The van der Waals surface area contributed by atoms with Crippen LogP contribution in [-0.4, -0.2) is 51.8 Å². The molecule has 0 saturated heterocycles. The van der Waals surface area contributed by atoms with Crippen molar-refractivity contribution in [3.63, 3.8) is 0 Å². The van der Waals surface area contributed by atoms with Crippen LogP contribution in [0.4, 0.5) is 0 Å². The summed E-state index contributed by atoms with van der Waals surface area (Å²) in [6.07, 6.45) is 1.60. The highest BCUT2D eigenvalue weighted by atomic mass is 15.5. The van der Waals surface area contributed by atoms with Gasteiger partial charge in [0.05, 0.1) is 5.69 Å². The maximum atomic E-state index is 3.91. The number of aromatic nitrogens is 4. The summed E-state index contributed by atoms with van der Waals surface area (Å²) < 4.78 is 1.67. The first-order valence-corrected chi connectivity index (χ1v) is 6.81. The minimum atomic E-state index is 0.286. The molecule has 0 amide bonds. The van der Waals surface area contributed by atoms with Crippen LogP contribution in [-0.2, 0) is 0 Å². The average Bonchev–Trinajstić information content (AvgIpc) is 2.98. The van der Waals surface area contributed by atoms with E-state index in [1.165, 1.54) is 5.56 Å². The lowest BCUT2D eigenvalue weighted by Gasteiger charge is -2.23. The molecule has 6 heteroatoms. The zero-order chi connectivity index (χ0) is 14.5. The van der Waals surface area contributed by atoms with Crippen molar-refractivity contribution in [2.24, 2.45) is 0 Å². The Kier molecular flexibility index (Phi) is 4.81. The van der Waals surface area contributed by atoms with E-state index in [4.69, 9.17) is 0 Å². The third-order valence-electron chi connectivity index (χ3n) is 3.58. The molecule has 6 nitrogen and oxygen atoms in total. The number of nitrogens with one attached hydrogen (secondary N) is 1. The lowest BCUT2D eigenvalue weighted by molar-refractivity contribution is 0.295. The van der Waals surface area contributed by atoms with Crippen molar-refractivity contribution in [1.29, 1.82) is 0 Å². The molecule has 2 unspecified atom stereocenters. The topological polar surface area (TPSA) is 58.9 Å². The number of tetrazole rings is 1. The highest BCUT2D eigenvalue weighted by Gasteiger charge is 2.10. The van der Waals surface area contributed by atoms with E-state index >= 15 is 0 Å². The second kappa shape index (κ2) is 6.58. The largest absolute Gasteiger partial charge is 0.309 e. The summed E-state index contributed by atoms with van der Waals surface area (Å²) in [4.78, 5) is 2.21. The van der Waals surface area contributed by atoms with Gasteiger partial charge in [0.25, 0.3) is 0 Å². The van der Waals surface area contributed by atoms with Crippen LogP contribution >= 0.6 is 0 Å². The summed E-state index contributed by atoms with van der Waals surface area (Å²) in [6.45, 7) is 5.32. The van der Waals surface area contributed by atoms with Gasteiger partial charge in [-0.1, -0.05) is 12.1 Å². The van der Waals surface area contributed by atoms with Crippen LogP contribution in [0.1, 0.15) is 25.5 Å². The van der Waals surface area contributed by atoms with Crippen molar-refractivity contribution >= 4 is 0 Å². The number of hydrogen-bond acceptors (Lipinski definition) is 5. The van der Waals surface area contributed by atoms with Crippen LogP contribution < -0.4 is 5.32 Å². The highest BCUT2D eigenvalue weighted by Crippen LogP contribution is 2.16. The number of likely N-dealkylation sites (N-methyl/N-ethyl adjacent to an activating group) is 1. The fourth-order valence-corrected chi connectivity index (χ4v) is 1.86. The summed E-state index contributed by atoms with van der Waals surface area (Å²) in [5, 5.41) is 14.8. The van der Waals surface area contributed by atoms with Crippen molar-refractivity contribution in [1.82, 2.24) is 30.4 Å². The molecule has 1 N–H and O–H groups in total. The Balaban J connectivity index is 2.03. The van der Waals surface area contributed by atoms with Crippen molar-refractivity contribution in [3.05, 3.63) is 36.2 Å². The lowest BCUT2D eigenvalue weighted by atomic mass is 10.1. The quantitative estimate of drug-likeness (QED) is 0.859. The third-order valence-corrected chi connectivity index (χ3v) is 3.58.